The van der Waals surface area contributed by atoms with Gasteiger partial charge in [-0.2, -0.15) is 0 Å². The van der Waals surface area contributed by atoms with Crippen LogP contribution in [0.2, 0.25) is 0 Å². The van der Waals surface area contributed by atoms with Gasteiger partial charge >= 0.3 is 0 Å². The molecule has 0 saturated heterocycles. The molecule has 0 aliphatic carbocycles. The lowest BCUT2D eigenvalue weighted by Gasteiger charge is -2.09. The first-order valence-corrected chi connectivity index (χ1v) is 44.2. The first-order valence-electron chi connectivity index (χ1n) is 44.2. The van der Waals surface area contributed by atoms with Gasteiger partial charge in [-0.3, -0.25) is 4.79 Å². The Morgan fingerprint density at radius 3 is 1.24 bits per heavy atom. The van der Waals surface area contributed by atoms with Gasteiger partial charge in [0.2, 0.25) is 5.52 Å². The van der Waals surface area contributed by atoms with Crippen molar-refractivity contribution in [2.75, 3.05) is 21.3 Å². The Hall–Kier alpha value is -13.1. The quantitative estimate of drug-likeness (QED) is 0.115. The molecule has 0 spiro atoms. The second-order valence-electron chi connectivity index (χ2n) is 32.6. The minimum Gasteiger partial charge on any atom is -0.497 e. The van der Waals surface area contributed by atoms with E-state index in [0.717, 1.165) is 46.8 Å². The van der Waals surface area contributed by atoms with Gasteiger partial charge in [0.15, 0.2) is 36.8 Å². The lowest BCUT2D eigenvalue weighted by molar-refractivity contribution is -0.671. The van der Waals surface area contributed by atoms with Gasteiger partial charge in [0.05, 0.1) is 27.9 Å². The summed E-state index contributed by atoms with van der Waals surface area (Å²) in [4.78, 5) is 10.9. The van der Waals surface area contributed by atoms with Crippen molar-refractivity contribution in [1.29, 1.82) is 0 Å². The molecule has 8 nitrogen and oxygen atoms in total. The summed E-state index contributed by atoms with van der Waals surface area (Å²) in [5.74, 6) is 3.52. The highest BCUT2D eigenvalue weighted by atomic mass is 16.5. The van der Waals surface area contributed by atoms with Crippen LogP contribution in [0.3, 0.4) is 0 Å². The Morgan fingerprint density at radius 2 is 0.788 bits per heavy atom. The van der Waals surface area contributed by atoms with E-state index in [9.17, 15) is 4.79 Å². The van der Waals surface area contributed by atoms with E-state index in [0.29, 0.717) is 5.92 Å². The van der Waals surface area contributed by atoms with Crippen LogP contribution in [0, 0.1) is 104 Å². The van der Waals surface area contributed by atoms with Crippen LogP contribution in [0.15, 0.2) is 359 Å². The summed E-state index contributed by atoms with van der Waals surface area (Å²) in [6.07, 6.45) is 12.4. The first kappa shape index (κ1) is 119. The highest BCUT2D eigenvalue weighted by molar-refractivity contribution is 5.94. The monoisotopic (exact) mass is 1770 g/mol. The molecule has 0 amide bonds. The maximum absolute atomic E-state index is 10.9. The molecule has 0 unspecified atom stereocenters. The van der Waals surface area contributed by atoms with Crippen molar-refractivity contribution in [3.8, 4) is 17.2 Å². The Kier molecular flexibility index (Phi) is 59.7. The molecule has 13 aromatic carbocycles. The average molecular weight is 1770 g/mol. The van der Waals surface area contributed by atoms with E-state index in [4.69, 9.17) is 19.3 Å². The molecule has 16 aromatic rings. The minimum atomic E-state index is 0. The zero-order valence-corrected chi connectivity index (χ0v) is 81.8. The van der Waals surface area contributed by atoms with Gasteiger partial charge in [0.25, 0.3) is 0 Å². The lowest BCUT2D eigenvalue weighted by Crippen LogP contribution is -2.27. The molecule has 8 heteroatoms. The van der Waals surface area contributed by atoms with Crippen LogP contribution in [0.5, 0.6) is 17.2 Å². The van der Waals surface area contributed by atoms with E-state index in [2.05, 4.69) is 364 Å². The predicted octanol–water partition coefficient (Wildman–Crippen LogP) is 31.9. The number of aliphatic hydroxyl groups excluding tert-OH is 1. The number of para-hydroxylation sites is 2. The summed E-state index contributed by atoms with van der Waals surface area (Å²) in [6.45, 7) is 45.7. The second-order valence-corrected chi connectivity index (χ2v) is 32.6. The molecule has 0 fully saturated rings. The predicted molar refractivity (Wildman–Crippen MR) is 576 cm³/mol. The molecule has 1 N–H and O–H groups in total. The van der Waals surface area contributed by atoms with Crippen LogP contribution in [-0.4, -0.2) is 32.2 Å². The largest absolute Gasteiger partial charge is 0.497 e. The molecule has 700 valence electrons. The van der Waals surface area contributed by atoms with E-state index in [1.54, 1.807) is 28.3 Å². The zero-order chi connectivity index (χ0) is 94.5. The Morgan fingerprint density at radius 1 is 0.341 bits per heavy atom. The molecule has 132 heavy (non-hydrogen) atoms. The highest BCUT2D eigenvalue weighted by Gasteiger charge is 2.05. The zero-order valence-electron chi connectivity index (χ0n) is 81.8. The van der Waals surface area contributed by atoms with Gasteiger partial charge < -0.3 is 19.3 Å². The fourth-order valence-electron chi connectivity index (χ4n) is 13.0. The smallest absolute Gasteiger partial charge is 0.212 e. The van der Waals surface area contributed by atoms with Crippen molar-refractivity contribution >= 4 is 43.8 Å². The average Bonchev–Trinajstić information content (AvgIpc) is 0.837. The number of aliphatic hydroxyl groups is 1. The van der Waals surface area contributed by atoms with Gasteiger partial charge in [-0.25, -0.2) is 13.7 Å². The number of methoxy groups -OCH3 is 3. The van der Waals surface area contributed by atoms with E-state index in [-0.39, 0.29) is 42.1 Å². The molecule has 3 aromatic heterocycles. The van der Waals surface area contributed by atoms with Crippen molar-refractivity contribution in [1.82, 2.24) is 0 Å². The van der Waals surface area contributed by atoms with E-state index < -0.39 is 0 Å². The number of Topliss-reactive ketones (excluding diaryl/α,β-unsaturated/α-hetero) is 1. The third-order valence-corrected chi connectivity index (χ3v) is 20.8. The van der Waals surface area contributed by atoms with E-state index >= 15 is 0 Å². The number of ether oxygens (including phenoxy) is 3. The fourth-order valence-corrected chi connectivity index (χ4v) is 13.0. The number of benzene rings is 13. The lowest BCUT2D eigenvalue weighted by atomic mass is 9.97. The van der Waals surface area contributed by atoms with Crippen molar-refractivity contribution in [3.05, 3.63) is 470 Å². The van der Waals surface area contributed by atoms with E-state index in [1.807, 2.05) is 162 Å². The standard InChI is InChI=1S/C11H10.C11H16.C11H14.2C10H10N.C10H12O.C9H12O2.2C9H12.2C8H10O.C8H10.C6H8N.4CH4/c1-9-5-4-7-10-6-2-3-8-11(9)10;1-8(2)11-6-5-9(3)7-10(11)4;1-4-10(3)11-7-5-9(2)6-8-11;1-11-8-4-6-9-5-2-3-7-10(9)11;1-11-7-6-9-4-2-3-5-10(9)8-11;1-7-4-5-10(9(3)11)6-8(7)2;1-7-5-8(6-10)3-4-9(7)11-2;1-7-4-8(2)6-9(3)5-7;1-3-9-6-4-8(2)5-7-9;1-7-3-5-8(9-2)6-4-7;1-7-5-3-4-6-8(7)9-2;1-7-3-5-8(2)6-4-7;1-7-5-3-2-4-6-7;;;;/h2-8H,1H3;5-8H,1-4H3;5-8H,3-4H2,1-2H3;2*2-8H,1H3;4-6H,1-3H3;3-5,10H,6H2,1-2H3;4-6H,1-3H3;4-7H,3H2,1-2H3;2*3-6H,1-2H3;3-6H,1-2H3;2-6H,1H3;4*1H4/q;;;2*+1;;;;;;;;+1;;;;. The Labute approximate surface area is 800 Å². The normalized spacial score (nSPS) is 9.45. The van der Waals surface area contributed by atoms with Gasteiger partial charge in [0.1, 0.15) is 38.4 Å². The molecular weight excluding hydrogens is 1610 g/mol. The highest BCUT2D eigenvalue weighted by Crippen LogP contribution is 2.23. The van der Waals surface area contributed by atoms with Crippen molar-refractivity contribution in [2.45, 2.75) is 194 Å². The molecule has 0 aliphatic rings. The molecule has 0 saturated carbocycles. The van der Waals surface area contributed by atoms with Crippen LogP contribution in [0.4, 0.5) is 0 Å². The number of allylic oxidation sites excluding steroid dienone is 1. The van der Waals surface area contributed by atoms with Crippen molar-refractivity contribution in [3.63, 3.8) is 0 Å². The van der Waals surface area contributed by atoms with Gasteiger partial charge in [0, 0.05) is 46.7 Å². The molecular formula is C124H162N3O5+3. The number of ketones is 1. The molecule has 0 bridgehead atoms. The summed E-state index contributed by atoms with van der Waals surface area (Å²) >= 11 is 0. The number of hydrogen-bond acceptors (Lipinski definition) is 5. The van der Waals surface area contributed by atoms with Crippen molar-refractivity contribution < 1.29 is 37.8 Å². The number of carbonyl (C=O) groups excluding carboxylic acids is 1. The maximum Gasteiger partial charge on any atom is 0.212 e. The molecule has 0 atom stereocenters. The number of carbonyl (C=O) groups is 1. The number of fused-ring (bicyclic) bond motifs is 3. The number of nitrogens with zero attached hydrogens (tertiary/aromatic N) is 3. The number of aromatic nitrogens is 3. The minimum absolute atomic E-state index is 0. The first-order chi connectivity index (χ1) is 61.2. The van der Waals surface area contributed by atoms with Crippen LogP contribution >= 0.6 is 0 Å². The number of hydrogen-bond donors (Lipinski definition) is 1. The molecule has 0 aliphatic heterocycles. The molecule has 0 radical (unpaired) electrons. The summed E-state index contributed by atoms with van der Waals surface area (Å²) in [6, 6.07) is 110. The summed E-state index contributed by atoms with van der Waals surface area (Å²) in [7, 11) is 11.1. The molecule has 3 heterocycles. The van der Waals surface area contributed by atoms with Gasteiger partial charge in [-0.05, 0) is 255 Å². The number of aryl methyl sites for hydroxylation is 19. The van der Waals surface area contributed by atoms with Crippen molar-refractivity contribution in [2.24, 2.45) is 21.1 Å². The van der Waals surface area contributed by atoms with Gasteiger partial charge in [-0.15, -0.1) is 0 Å². The second kappa shape index (κ2) is 66.3. The third-order valence-electron chi connectivity index (χ3n) is 20.8. The number of rotatable bonds is 9. The van der Waals surface area contributed by atoms with Crippen LogP contribution in [0.1, 0.15) is 193 Å². The van der Waals surface area contributed by atoms with Gasteiger partial charge in [-0.1, -0.05) is 357 Å². The fraction of sp³-hybridized carbons (Fsp3) is 0.274. The summed E-state index contributed by atoms with van der Waals surface area (Å²) in [5, 5.41) is 15.3. The Balaban J connectivity index is 0.00000141. The molecule has 16 rings (SSSR count). The van der Waals surface area contributed by atoms with Crippen LogP contribution in [0.25, 0.3) is 38.0 Å². The van der Waals surface area contributed by atoms with Crippen LogP contribution < -0.4 is 27.9 Å². The Bertz CT molecular complexity index is 5660. The third kappa shape index (κ3) is 46.9. The summed E-state index contributed by atoms with van der Waals surface area (Å²) in [5.41, 5.74) is 27.7. The maximum atomic E-state index is 10.9. The topological polar surface area (TPSA) is 76.6 Å². The van der Waals surface area contributed by atoms with E-state index in [1.165, 1.54) is 133 Å². The summed E-state index contributed by atoms with van der Waals surface area (Å²) < 4.78 is 21.3. The number of pyridine rings is 3. The SMILES string of the molecule is C.C.C.C.C=C(CC)c1ccc(C)cc1.CC(=O)c1ccc(C)c(C)c1.CCc1ccc(C)cc1.COc1ccc(C)cc1.COc1ccc(CO)cc1C.COc1ccccc1C.C[n+]1ccc2ccccc2c1.C[n+]1cccc2ccccc21.C[n+]1ccccc1.Cc1cc(C)cc(C)c1.Cc1ccc(C(C)C)c(C)c1.Cc1ccc(C)cc1.Cc1cccc2ccccc12. The van der Waals surface area contributed by atoms with Crippen LogP contribution in [-0.2, 0) is 34.2 Å².